The first-order valence-corrected chi connectivity index (χ1v) is 7.72. The third-order valence-electron chi connectivity index (χ3n) is 3.79. The standard InChI is InChI=1S/C18H21FN4O2/c1-11-3-4-13(12(2)7-11)9-22-17(24)10-23(21)18(25)15-8-14(19)5-6-16(15)20/h3-8H,9-10,20-21H2,1-2H3,(H,22,24). The predicted molar refractivity (Wildman–Crippen MR) is 93.8 cm³/mol. The van der Waals surface area contributed by atoms with Crippen LogP contribution in [0.5, 0.6) is 0 Å². The summed E-state index contributed by atoms with van der Waals surface area (Å²) in [6, 6.07) is 9.32. The molecule has 0 spiro atoms. The fraction of sp³-hybridized carbons (Fsp3) is 0.222. The predicted octanol–water partition coefficient (Wildman–Crippen LogP) is 1.66. The van der Waals surface area contributed by atoms with Crippen molar-refractivity contribution in [2.24, 2.45) is 5.84 Å². The van der Waals surface area contributed by atoms with Crippen LogP contribution in [0, 0.1) is 19.7 Å². The first-order chi connectivity index (χ1) is 11.8. The maximum atomic E-state index is 13.3. The third kappa shape index (κ3) is 4.77. The largest absolute Gasteiger partial charge is 0.398 e. The molecule has 2 rings (SSSR count). The molecule has 5 N–H and O–H groups in total. The van der Waals surface area contributed by atoms with E-state index in [1.807, 2.05) is 32.0 Å². The molecular weight excluding hydrogens is 323 g/mol. The van der Waals surface area contributed by atoms with Gasteiger partial charge in [0.05, 0.1) is 5.56 Å². The molecule has 0 aromatic heterocycles. The summed E-state index contributed by atoms with van der Waals surface area (Å²) in [5.41, 5.74) is 8.84. The van der Waals surface area contributed by atoms with Crippen LogP contribution in [0.25, 0.3) is 0 Å². The molecule has 2 aromatic rings. The zero-order chi connectivity index (χ0) is 18.6. The summed E-state index contributed by atoms with van der Waals surface area (Å²) in [7, 11) is 0. The van der Waals surface area contributed by atoms with E-state index in [-0.39, 0.29) is 17.8 Å². The Morgan fingerprint density at radius 1 is 1.16 bits per heavy atom. The summed E-state index contributed by atoms with van der Waals surface area (Å²) >= 11 is 0. The minimum Gasteiger partial charge on any atom is -0.398 e. The first-order valence-electron chi connectivity index (χ1n) is 7.72. The number of hydrogen-bond acceptors (Lipinski definition) is 4. The van der Waals surface area contributed by atoms with Gasteiger partial charge < -0.3 is 11.1 Å². The van der Waals surface area contributed by atoms with Gasteiger partial charge in [-0.15, -0.1) is 0 Å². The van der Waals surface area contributed by atoms with Gasteiger partial charge in [-0.25, -0.2) is 10.2 Å². The van der Waals surface area contributed by atoms with E-state index in [0.29, 0.717) is 11.6 Å². The van der Waals surface area contributed by atoms with Crippen molar-refractivity contribution in [3.05, 3.63) is 64.5 Å². The Labute approximate surface area is 145 Å². The molecule has 0 unspecified atom stereocenters. The zero-order valence-corrected chi connectivity index (χ0v) is 14.2. The molecule has 0 heterocycles. The highest BCUT2D eigenvalue weighted by Gasteiger charge is 2.18. The number of anilines is 1. The van der Waals surface area contributed by atoms with Crippen LogP contribution in [0.4, 0.5) is 10.1 Å². The van der Waals surface area contributed by atoms with Crippen molar-refractivity contribution >= 4 is 17.5 Å². The lowest BCUT2D eigenvalue weighted by atomic mass is 10.1. The Hall–Kier alpha value is -2.93. The second kappa shape index (κ2) is 7.76. The van der Waals surface area contributed by atoms with E-state index in [1.54, 1.807) is 0 Å². The van der Waals surface area contributed by atoms with Gasteiger partial charge in [-0.1, -0.05) is 23.8 Å². The zero-order valence-electron chi connectivity index (χ0n) is 14.2. The normalized spacial score (nSPS) is 10.4. The number of rotatable bonds is 5. The van der Waals surface area contributed by atoms with E-state index in [0.717, 1.165) is 28.8 Å². The first kappa shape index (κ1) is 18.4. The van der Waals surface area contributed by atoms with E-state index in [9.17, 15) is 14.0 Å². The summed E-state index contributed by atoms with van der Waals surface area (Å²) in [6.45, 7) is 3.92. The summed E-state index contributed by atoms with van der Waals surface area (Å²) in [5, 5.41) is 3.42. The Kier molecular flexibility index (Phi) is 5.71. The van der Waals surface area contributed by atoms with E-state index in [1.165, 1.54) is 6.07 Å². The number of halogens is 1. The lowest BCUT2D eigenvalue weighted by molar-refractivity contribution is -0.122. The van der Waals surface area contributed by atoms with Gasteiger partial charge in [-0.05, 0) is 43.2 Å². The highest BCUT2D eigenvalue weighted by Crippen LogP contribution is 2.15. The molecule has 2 aromatic carbocycles. The highest BCUT2D eigenvalue weighted by atomic mass is 19.1. The molecule has 25 heavy (non-hydrogen) atoms. The summed E-state index contributed by atoms with van der Waals surface area (Å²) < 4.78 is 13.3. The quantitative estimate of drug-likeness (QED) is 0.332. The number of carbonyl (C=O) groups is 2. The lowest BCUT2D eigenvalue weighted by Crippen LogP contribution is -2.45. The fourth-order valence-corrected chi connectivity index (χ4v) is 2.39. The lowest BCUT2D eigenvalue weighted by Gasteiger charge is -2.17. The number of amides is 2. The topological polar surface area (TPSA) is 101 Å². The van der Waals surface area contributed by atoms with Gasteiger partial charge in [0.25, 0.3) is 5.91 Å². The Morgan fingerprint density at radius 2 is 1.88 bits per heavy atom. The average Bonchev–Trinajstić information content (AvgIpc) is 2.55. The molecule has 2 amide bonds. The van der Waals surface area contributed by atoms with Crippen LogP contribution in [-0.4, -0.2) is 23.4 Å². The van der Waals surface area contributed by atoms with Crippen molar-refractivity contribution in [3.8, 4) is 0 Å². The molecule has 0 fully saturated rings. The summed E-state index contributed by atoms with van der Waals surface area (Å²) in [6.07, 6.45) is 0. The van der Waals surface area contributed by atoms with Crippen LogP contribution in [0.15, 0.2) is 36.4 Å². The molecule has 0 saturated carbocycles. The van der Waals surface area contributed by atoms with Crippen LogP contribution in [0.2, 0.25) is 0 Å². The second-order valence-corrected chi connectivity index (χ2v) is 5.87. The van der Waals surface area contributed by atoms with Crippen LogP contribution < -0.4 is 16.9 Å². The molecule has 0 aliphatic rings. The second-order valence-electron chi connectivity index (χ2n) is 5.87. The molecule has 0 aliphatic carbocycles. The van der Waals surface area contributed by atoms with Gasteiger partial charge in [0, 0.05) is 12.2 Å². The van der Waals surface area contributed by atoms with E-state index in [2.05, 4.69) is 5.32 Å². The molecule has 0 bridgehead atoms. The van der Waals surface area contributed by atoms with Crippen molar-refractivity contribution in [2.45, 2.75) is 20.4 Å². The SMILES string of the molecule is Cc1ccc(CNC(=O)CN(N)C(=O)c2cc(F)ccc2N)c(C)c1. The number of hydrogen-bond donors (Lipinski definition) is 3. The Bertz CT molecular complexity index is 808. The van der Waals surface area contributed by atoms with Gasteiger partial charge in [0.15, 0.2) is 0 Å². The van der Waals surface area contributed by atoms with Gasteiger partial charge in [-0.2, -0.15) is 0 Å². The van der Waals surface area contributed by atoms with Gasteiger partial charge in [0.1, 0.15) is 12.4 Å². The molecule has 6 nitrogen and oxygen atoms in total. The van der Waals surface area contributed by atoms with Crippen molar-refractivity contribution in [1.29, 1.82) is 0 Å². The maximum Gasteiger partial charge on any atom is 0.270 e. The molecule has 0 aliphatic heterocycles. The Morgan fingerprint density at radius 3 is 2.56 bits per heavy atom. The minimum absolute atomic E-state index is 0.0790. The van der Waals surface area contributed by atoms with Crippen LogP contribution in [0.3, 0.4) is 0 Å². The van der Waals surface area contributed by atoms with E-state index < -0.39 is 17.6 Å². The number of nitrogens with zero attached hydrogens (tertiary/aromatic N) is 1. The van der Waals surface area contributed by atoms with Crippen LogP contribution in [-0.2, 0) is 11.3 Å². The van der Waals surface area contributed by atoms with Crippen molar-refractivity contribution < 1.29 is 14.0 Å². The van der Waals surface area contributed by atoms with Crippen LogP contribution >= 0.6 is 0 Å². The fourth-order valence-electron chi connectivity index (χ4n) is 2.39. The monoisotopic (exact) mass is 344 g/mol. The number of nitrogens with one attached hydrogen (secondary N) is 1. The summed E-state index contributed by atoms with van der Waals surface area (Å²) in [5.74, 6) is 3.88. The highest BCUT2D eigenvalue weighted by molar-refractivity contribution is 6.00. The van der Waals surface area contributed by atoms with Gasteiger partial charge in [-0.3, -0.25) is 14.6 Å². The Balaban J connectivity index is 1.95. The molecular formula is C18H21FN4O2. The molecule has 0 atom stereocenters. The molecule has 0 saturated heterocycles. The number of hydrazine groups is 1. The number of nitrogens with two attached hydrogens (primary N) is 2. The van der Waals surface area contributed by atoms with Gasteiger partial charge >= 0.3 is 0 Å². The van der Waals surface area contributed by atoms with Crippen LogP contribution in [0.1, 0.15) is 27.0 Å². The molecule has 132 valence electrons. The number of benzene rings is 2. The van der Waals surface area contributed by atoms with Crippen molar-refractivity contribution in [1.82, 2.24) is 10.3 Å². The van der Waals surface area contributed by atoms with E-state index in [4.69, 9.17) is 11.6 Å². The van der Waals surface area contributed by atoms with Crippen molar-refractivity contribution in [2.75, 3.05) is 12.3 Å². The number of nitrogen functional groups attached to an aromatic ring is 1. The molecule has 7 heteroatoms. The van der Waals surface area contributed by atoms with Crippen molar-refractivity contribution in [3.63, 3.8) is 0 Å². The van der Waals surface area contributed by atoms with Gasteiger partial charge in [0.2, 0.25) is 5.91 Å². The minimum atomic E-state index is -0.723. The molecule has 0 radical (unpaired) electrons. The number of carbonyl (C=O) groups excluding carboxylic acids is 2. The summed E-state index contributed by atoms with van der Waals surface area (Å²) in [4.78, 5) is 24.2. The smallest absolute Gasteiger partial charge is 0.270 e. The van der Waals surface area contributed by atoms with E-state index >= 15 is 0 Å². The average molecular weight is 344 g/mol. The number of aryl methyl sites for hydroxylation is 2. The maximum absolute atomic E-state index is 13.3. The third-order valence-corrected chi connectivity index (χ3v) is 3.79.